The average Bonchev–Trinajstić information content (AvgIpc) is 2.12. The predicted molar refractivity (Wildman–Crippen MR) is 34.8 cm³/mol. The summed E-state index contributed by atoms with van der Waals surface area (Å²) in [5.41, 5.74) is 2.68. The van der Waals surface area contributed by atoms with Gasteiger partial charge in [-0.2, -0.15) is 13.2 Å². The third-order valence-corrected chi connectivity index (χ3v) is 1.76. The van der Waals surface area contributed by atoms with Crippen LogP contribution in [0.4, 0.5) is 13.2 Å². The maximum atomic E-state index is 11.8. The number of nitrogens with one attached hydrogen (secondary N) is 1. The van der Waals surface area contributed by atoms with Gasteiger partial charge in [0.15, 0.2) is 0 Å². The van der Waals surface area contributed by atoms with E-state index >= 15 is 0 Å². The van der Waals surface area contributed by atoms with Gasteiger partial charge in [-0.1, -0.05) is 0 Å². The highest BCUT2D eigenvalue weighted by atomic mass is 19.4. The molecule has 1 aliphatic rings. The standard InChI is InChI=1S/C6H11F3N2/c1-5-2-3-10-11(5)4-6(7,8)9/h5,10H,2-4H2,1H3. The van der Waals surface area contributed by atoms with E-state index in [4.69, 9.17) is 0 Å². The molecule has 11 heavy (non-hydrogen) atoms. The summed E-state index contributed by atoms with van der Waals surface area (Å²) in [5.74, 6) is 0. The van der Waals surface area contributed by atoms with E-state index in [9.17, 15) is 13.2 Å². The van der Waals surface area contributed by atoms with Crippen molar-refractivity contribution in [3.63, 3.8) is 0 Å². The lowest BCUT2D eigenvalue weighted by Gasteiger charge is -2.21. The molecule has 0 aromatic carbocycles. The Bertz CT molecular complexity index is 134. The van der Waals surface area contributed by atoms with Crippen molar-refractivity contribution >= 4 is 0 Å². The Balaban J connectivity index is 2.37. The second kappa shape index (κ2) is 2.98. The zero-order valence-corrected chi connectivity index (χ0v) is 6.28. The molecule has 0 saturated carbocycles. The number of hydrazine groups is 1. The fourth-order valence-electron chi connectivity index (χ4n) is 1.13. The second-order valence-corrected chi connectivity index (χ2v) is 2.79. The summed E-state index contributed by atoms with van der Waals surface area (Å²) in [4.78, 5) is 0. The predicted octanol–water partition coefficient (Wildman–Crippen LogP) is 1.15. The van der Waals surface area contributed by atoms with E-state index in [1.54, 1.807) is 6.92 Å². The maximum absolute atomic E-state index is 11.8. The van der Waals surface area contributed by atoms with Crippen LogP contribution in [0.15, 0.2) is 0 Å². The van der Waals surface area contributed by atoms with Crippen LogP contribution in [0.5, 0.6) is 0 Å². The van der Waals surface area contributed by atoms with Crippen molar-refractivity contribution in [3.8, 4) is 0 Å². The summed E-state index contributed by atoms with van der Waals surface area (Å²) < 4.78 is 35.4. The second-order valence-electron chi connectivity index (χ2n) is 2.79. The molecule has 1 N–H and O–H groups in total. The number of rotatable bonds is 1. The van der Waals surface area contributed by atoms with Gasteiger partial charge < -0.3 is 0 Å². The van der Waals surface area contributed by atoms with E-state index in [0.29, 0.717) is 6.54 Å². The first-order chi connectivity index (χ1) is 4.99. The van der Waals surface area contributed by atoms with Crippen LogP contribution in [-0.2, 0) is 0 Å². The molecule has 1 atom stereocenters. The van der Waals surface area contributed by atoms with Gasteiger partial charge in [-0.15, -0.1) is 0 Å². The molecule has 0 aromatic rings. The van der Waals surface area contributed by atoms with Gasteiger partial charge in [0.1, 0.15) is 6.54 Å². The number of alkyl halides is 3. The van der Waals surface area contributed by atoms with Crippen LogP contribution < -0.4 is 5.43 Å². The minimum atomic E-state index is -4.09. The lowest BCUT2D eigenvalue weighted by Crippen LogP contribution is -2.42. The minimum absolute atomic E-state index is 0.00312. The van der Waals surface area contributed by atoms with Gasteiger partial charge in [-0.3, -0.25) is 5.43 Å². The average molecular weight is 168 g/mol. The molecule has 0 radical (unpaired) electrons. The van der Waals surface area contributed by atoms with Crippen molar-refractivity contribution < 1.29 is 13.2 Å². The lowest BCUT2D eigenvalue weighted by atomic mass is 10.2. The quantitative estimate of drug-likeness (QED) is 0.631. The molecule has 0 amide bonds. The van der Waals surface area contributed by atoms with E-state index in [1.165, 1.54) is 5.01 Å². The topological polar surface area (TPSA) is 15.3 Å². The number of hydrogen-bond acceptors (Lipinski definition) is 2. The van der Waals surface area contributed by atoms with Crippen molar-refractivity contribution in [2.75, 3.05) is 13.1 Å². The highest BCUT2D eigenvalue weighted by molar-refractivity contribution is 4.73. The smallest absolute Gasteiger partial charge is 0.255 e. The van der Waals surface area contributed by atoms with Gasteiger partial charge in [0.25, 0.3) is 0 Å². The molecule has 0 aliphatic carbocycles. The van der Waals surface area contributed by atoms with Crippen molar-refractivity contribution in [2.24, 2.45) is 0 Å². The first-order valence-corrected chi connectivity index (χ1v) is 3.56. The Hall–Kier alpha value is -0.290. The molecule has 0 spiro atoms. The minimum Gasteiger partial charge on any atom is -0.255 e. The molecule has 5 heteroatoms. The van der Waals surface area contributed by atoms with E-state index in [-0.39, 0.29) is 6.04 Å². The van der Waals surface area contributed by atoms with Crippen LogP contribution in [-0.4, -0.2) is 30.3 Å². The highest BCUT2D eigenvalue weighted by Gasteiger charge is 2.34. The molecule has 1 saturated heterocycles. The Morgan fingerprint density at radius 1 is 1.55 bits per heavy atom. The third-order valence-electron chi connectivity index (χ3n) is 1.76. The number of halogens is 3. The fourth-order valence-corrected chi connectivity index (χ4v) is 1.13. The molecule has 1 rings (SSSR count). The van der Waals surface area contributed by atoms with Crippen LogP contribution in [0.3, 0.4) is 0 Å². The van der Waals surface area contributed by atoms with Crippen molar-refractivity contribution in [2.45, 2.75) is 25.6 Å². The van der Waals surface area contributed by atoms with E-state index < -0.39 is 12.7 Å². The van der Waals surface area contributed by atoms with E-state index in [2.05, 4.69) is 5.43 Å². The highest BCUT2D eigenvalue weighted by Crippen LogP contribution is 2.19. The molecule has 1 heterocycles. The van der Waals surface area contributed by atoms with Gasteiger partial charge in [-0.25, -0.2) is 5.01 Å². The summed E-state index contributed by atoms with van der Waals surface area (Å²) in [6.07, 6.45) is -3.30. The molecular formula is C6H11F3N2. The number of hydrogen-bond donors (Lipinski definition) is 1. The molecule has 1 fully saturated rings. The van der Waals surface area contributed by atoms with Gasteiger partial charge in [0, 0.05) is 12.6 Å². The first kappa shape index (κ1) is 8.80. The molecule has 2 nitrogen and oxygen atoms in total. The third kappa shape index (κ3) is 2.67. The van der Waals surface area contributed by atoms with Crippen molar-refractivity contribution in [1.82, 2.24) is 10.4 Å². The molecule has 0 bridgehead atoms. The van der Waals surface area contributed by atoms with E-state index in [0.717, 1.165) is 6.42 Å². The lowest BCUT2D eigenvalue weighted by molar-refractivity contribution is -0.153. The maximum Gasteiger partial charge on any atom is 0.402 e. The van der Waals surface area contributed by atoms with Gasteiger partial charge in [0.05, 0.1) is 0 Å². The molecule has 1 aliphatic heterocycles. The van der Waals surface area contributed by atoms with Crippen LogP contribution in [0, 0.1) is 0 Å². The van der Waals surface area contributed by atoms with Crippen molar-refractivity contribution in [3.05, 3.63) is 0 Å². The Morgan fingerprint density at radius 3 is 2.55 bits per heavy atom. The van der Waals surface area contributed by atoms with Crippen LogP contribution in [0.2, 0.25) is 0 Å². The van der Waals surface area contributed by atoms with Gasteiger partial charge >= 0.3 is 6.18 Å². The summed E-state index contributed by atoms with van der Waals surface area (Å²) in [7, 11) is 0. The number of nitrogens with zero attached hydrogens (tertiary/aromatic N) is 1. The Morgan fingerprint density at radius 2 is 2.18 bits per heavy atom. The summed E-state index contributed by atoms with van der Waals surface area (Å²) in [6, 6.07) is -0.00312. The van der Waals surface area contributed by atoms with Crippen LogP contribution in [0.25, 0.3) is 0 Å². The Kier molecular flexibility index (Phi) is 2.39. The SMILES string of the molecule is CC1CCNN1CC(F)(F)F. The fraction of sp³-hybridized carbons (Fsp3) is 1.00. The summed E-state index contributed by atoms with van der Waals surface area (Å²) in [6.45, 7) is 1.58. The van der Waals surface area contributed by atoms with Gasteiger partial charge in [-0.05, 0) is 13.3 Å². The molecular weight excluding hydrogens is 157 g/mol. The molecule has 0 aromatic heterocycles. The monoisotopic (exact) mass is 168 g/mol. The van der Waals surface area contributed by atoms with Gasteiger partial charge in [0.2, 0.25) is 0 Å². The summed E-state index contributed by atoms with van der Waals surface area (Å²) >= 11 is 0. The van der Waals surface area contributed by atoms with Crippen LogP contribution >= 0.6 is 0 Å². The normalized spacial score (nSPS) is 27.8. The van der Waals surface area contributed by atoms with Crippen LogP contribution in [0.1, 0.15) is 13.3 Å². The zero-order chi connectivity index (χ0) is 8.48. The first-order valence-electron chi connectivity index (χ1n) is 3.56. The summed E-state index contributed by atoms with van der Waals surface area (Å²) in [5, 5.41) is 1.24. The Labute approximate surface area is 63.3 Å². The van der Waals surface area contributed by atoms with E-state index in [1.807, 2.05) is 0 Å². The molecule has 1 unspecified atom stereocenters. The van der Waals surface area contributed by atoms with Crippen molar-refractivity contribution in [1.29, 1.82) is 0 Å². The zero-order valence-electron chi connectivity index (χ0n) is 6.28. The largest absolute Gasteiger partial charge is 0.402 e. The molecule has 66 valence electrons.